The summed E-state index contributed by atoms with van der Waals surface area (Å²) in [6.45, 7) is 3.67. The van der Waals surface area contributed by atoms with Crippen LogP contribution in [0.2, 0.25) is 0 Å². The molecule has 1 fully saturated rings. The van der Waals surface area contributed by atoms with Crippen molar-refractivity contribution in [2.45, 2.75) is 39.0 Å². The normalized spacial score (nSPS) is 27.0. The number of carbonyl (C=O) groups excluding carboxylic acids is 1. The summed E-state index contributed by atoms with van der Waals surface area (Å²) in [5.74, 6) is -0.308. The third-order valence-electron chi connectivity index (χ3n) is 4.05. The van der Waals surface area contributed by atoms with E-state index < -0.39 is 11.8 Å². The number of ketones is 1. The molecule has 19 heavy (non-hydrogen) atoms. The second-order valence-corrected chi connectivity index (χ2v) is 5.04. The Labute approximate surface area is 109 Å². The second kappa shape index (κ2) is 4.54. The van der Waals surface area contributed by atoms with Crippen molar-refractivity contribution in [3.63, 3.8) is 0 Å². The van der Waals surface area contributed by atoms with Gasteiger partial charge in [0.05, 0.1) is 0 Å². The van der Waals surface area contributed by atoms with Gasteiger partial charge < -0.3 is 4.74 Å². The Morgan fingerprint density at radius 3 is 2.53 bits per heavy atom. The zero-order valence-corrected chi connectivity index (χ0v) is 10.8. The molecule has 0 heterocycles. The summed E-state index contributed by atoms with van der Waals surface area (Å²) in [4.78, 5) is 11.7. The van der Waals surface area contributed by atoms with Gasteiger partial charge in [0.25, 0.3) is 0 Å². The Bertz CT molecular complexity index is 496. The van der Waals surface area contributed by atoms with Gasteiger partial charge in [-0.05, 0) is 18.1 Å². The first kappa shape index (κ1) is 13.9. The van der Waals surface area contributed by atoms with E-state index in [1.807, 2.05) is 6.92 Å². The quantitative estimate of drug-likeness (QED) is 0.829. The number of hydrogen-bond acceptors (Lipinski definition) is 2. The Kier molecular flexibility index (Phi) is 3.32. The fourth-order valence-corrected chi connectivity index (χ4v) is 2.59. The number of para-hydroxylation sites is 1. The predicted octanol–water partition coefficient (Wildman–Crippen LogP) is 4.06. The molecule has 5 heteroatoms. The second-order valence-electron chi connectivity index (χ2n) is 5.04. The molecule has 2 nitrogen and oxygen atoms in total. The van der Waals surface area contributed by atoms with Gasteiger partial charge in [0.15, 0.2) is 0 Å². The Morgan fingerprint density at radius 2 is 2.00 bits per heavy atom. The standard InChI is InChI=1S/C14H15F3O2/c1-3-13(2)10(8-12(13)18)9-6-4-5-7-11(9)19-14(15,16)17/h4-7,10H,3,8H2,1-2H3. The summed E-state index contributed by atoms with van der Waals surface area (Å²) in [7, 11) is 0. The molecule has 1 aliphatic rings. The van der Waals surface area contributed by atoms with Gasteiger partial charge in [-0.2, -0.15) is 0 Å². The molecule has 1 aliphatic carbocycles. The summed E-state index contributed by atoms with van der Waals surface area (Å²) >= 11 is 0. The van der Waals surface area contributed by atoms with E-state index in [0.29, 0.717) is 12.0 Å². The largest absolute Gasteiger partial charge is 0.573 e. The maximum atomic E-state index is 12.4. The van der Waals surface area contributed by atoms with Crippen LogP contribution in [0.3, 0.4) is 0 Å². The highest BCUT2D eigenvalue weighted by atomic mass is 19.4. The molecular formula is C14H15F3O2. The van der Waals surface area contributed by atoms with E-state index in [1.165, 1.54) is 12.1 Å². The number of halogens is 3. The van der Waals surface area contributed by atoms with Crippen molar-refractivity contribution in [2.75, 3.05) is 0 Å². The molecule has 0 bridgehead atoms. The molecule has 1 aromatic rings. The van der Waals surface area contributed by atoms with Crippen LogP contribution in [-0.2, 0) is 4.79 Å². The zero-order valence-electron chi connectivity index (χ0n) is 10.8. The van der Waals surface area contributed by atoms with Crippen molar-refractivity contribution < 1.29 is 22.7 Å². The lowest BCUT2D eigenvalue weighted by Gasteiger charge is -2.45. The van der Waals surface area contributed by atoms with Crippen LogP contribution in [-0.4, -0.2) is 12.1 Å². The van der Waals surface area contributed by atoms with E-state index in [1.54, 1.807) is 19.1 Å². The summed E-state index contributed by atoms with van der Waals surface area (Å²) < 4.78 is 41.2. The maximum Gasteiger partial charge on any atom is 0.573 e. The van der Waals surface area contributed by atoms with Crippen LogP contribution < -0.4 is 4.74 Å². The van der Waals surface area contributed by atoms with Crippen LogP contribution in [0.25, 0.3) is 0 Å². The molecule has 2 atom stereocenters. The summed E-state index contributed by atoms with van der Waals surface area (Å²) in [5.41, 5.74) is -0.116. The van der Waals surface area contributed by atoms with E-state index in [4.69, 9.17) is 0 Å². The topological polar surface area (TPSA) is 26.3 Å². The highest BCUT2D eigenvalue weighted by Crippen LogP contribution is 2.54. The van der Waals surface area contributed by atoms with Crippen molar-refractivity contribution in [1.82, 2.24) is 0 Å². The molecule has 0 spiro atoms. The average molecular weight is 272 g/mol. The minimum Gasteiger partial charge on any atom is -0.405 e. The number of benzene rings is 1. The first-order valence-corrected chi connectivity index (χ1v) is 6.16. The maximum absolute atomic E-state index is 12.4. The first-order chi connectivity index (χ1) is 8.78. The van der Waals surface area contributed by atoms with E-state index in [0.717, 1.165) is 0 Å². The lowest BCUT2D eigenvalue weighted by molar-refractivity contribution is -0.275. The number of ether oxygens (including phenoxy) is 1. The third kappa shape index (κ3) is 2.46. The number of rotatable bonds is 3. The van der Waals surface area contributed by atoms with Gasteiger partial charge in [-0.1, -0.05) is 32.0 Å². The fraction of sp³-hybridized carbons (Fsp3) is 0.500. The van der Waals surface area contributed by atoms with Gasteiger partial charge in [-0.15, -0.1) is 13.2 Å². The summed E-state index contributed by atoms with van der Waals surface area (Å²) in [6.07, 6.45) is -3.83. The van der Waals surface area contributed by atoms with Gasteiger partial charge in [0.1, 0.15) is 11.5 Å². The van der Waals surface area contributed by atoms with Crippen molar-refractivity contribution in [3.05, 3.63) is 29.8 Å². The van der Waals surface area contributed by atoms with E-state index >= 15 is 0 Å². The fourth-order valence-electron chi connectivity index (χ4n) is 2.59. The minimum absolute atomic E-state index is 0.0989. The summed E-state index contributed by atoms with van der Waals surface area (Å²) in [5, 5.41) is 0. The summed E-state index contributed by atoms with van der Waals surface area (Å²) in [6, 6.07) is 6.06. The number of alkyl halides is 3. The van der Waals surface area contributed by atoms with Crippen LogP contribution in [0.4, 0.5) is 13.2 Å². The number of Topliss-reactive ketones (excluding diaryl/α,β-unsaturated/α-hetero) is 1. The lowest BCUT2D eigenvalue weighted by atomic mass is 9.56. The number of hydrogen-bond donors (Lipinski definition) is 0. The predicted molar refractivity (Wildman–Crippen MR) is 63.9 cm³/mol. The molecule has 0 N–H and O–H groups in total. The van der Waals surface area contributed by atoms with Crippen molar-refractivity contribution in [2.24, 2.45) is 5.41 Å². The lowest BCUT2D eigenvalue weighted by Crippen LogP contribution is -2.45. The smallest absolute Gasteiger partial charge is 0.405 e. The van der Waals surface area contributed by atoms with Gasteiger partial charge in [-0.3, -0.25) is 4.79 Å². The van der Waals surface area contributed by atoms with Gasteiger partial charge in [0.2, 0.25) is 0 Å². The highest BCUT2D eigenvalue weighted by Gasteiger charge is 2.51. The molecule has 2 unspecified atom stereocenters. The molecular weight excluding hydrogens is 257 g/mol. The zero-order chi connectivity index (χ0) is 14.3. The molecule has 2 rings (SSSR count). The Morgan fingerprint density at radius 1 is 1.37 bits per heavy atom. The molecule has 104 valence electrons. The van der Waals surface area contributed by atoms with Gasteiger partial charge in [0, 0.05) is 17.8 Å². The SMILES string of the molecule is CCC1(C)C(=O)CC1c1ccccc1OC(F)(F)F. The monoisotopic (exact) mass is 272 g/mol. The highest BCUT2D eigenvalue weighted by molar-refractivity contribution is 5.93. The van der Waals surface area contributed by atoms with E-state index in [9.17, 15) is 18.0 Å². The molecule has 0 amide bonds. The van der Waals surface area contributed by atoms with Gasteiger partial charge >= 0.3 is 6.36 Å². The molecule has 0 saturated heterocycles. The van der Waals surface area contributed by atoms with Crippen LogP contribution in [0.1, 0.15) is 38.2 Å². The van der Waals surface area contributed by atoms with Crippen molar-refractivity contribution in [1.29, 1.82) is 0 Å². The van der Waals surface area contributed by atoms with Crippen LogP contribution in [0.15, 0.2) is 24.3 Å². The average Bonchev–Trinajstić information content (AvgIpc) is 2.34. The van der Waals surface area contributed by atoms with Gasteiger partial charge in [-0.25, -0.2) is 0 Å². The molecule has 1 saturated carbocycles. The third-order valence-corrected chi connectivity index (χ3v) is 4.05. The number of carbonyl (C=O) groups is 1. The van der Waals surface area contributed by atoms with Crippen LogP contribution >= 0.6 is 0 Å². The molecule has 1 aromatic carbocycles. The Hall–Kier alpha value is -1.52. The van der Waals surface area contributed by atoms with Crippen molar-refractivity contribution in [3.8, 4) is 5.75 Å². The van der Waals surface area contributed by atoms with Crippen LogP contribution in [0, 0.1) is 5.41 Å². The van der Waals surface area contributed by atoms with Crippen LogP contribution in [0.5, 0.6) is 5.75 Å². The Balaban J connectivity index is 2.34. The molecule has 0 aliphatic heterocycles. The molecule has 0 radical (unpaired) electrons. The first-order valence-electron chi connectivity index (χ1n) is 6.16. The molecule has 0 aromatic heterocycles. The van der Waals surface area contributed by atoms with E-state index in [-0.39, 0.29) is 23.9 Å². The van der Waals surface area contributed by atoms with Crippen molar-refractivity contribution >= 4 is 5.78 Å². The minimum atomic E-state index is -4.72. The van der Waals surface area contributed by atoms with E-state index in [2.05, 4.69) is 4.74 Å².